The number of fused-ring (bicyclic) bond motifs is 1. The second kappa shape index (κ2) is 8.90. The van der Waals surface area contributed by atoms with Gasteiger partial charge in [0.15, 0.2) is 0 Å². The molecule has 8 nitrogen and oxygen atoms in total. The molecule has 3 aliphatic rings. The molecule has 3 aliphatic heterocycles. The summed E-state index contributed by atoms with van der Waals surface area (Å²) in [5, 5.41) is 19.4. The van der Waals surface area contributed by atoms with Gasteiger partial charge in [-0.3, -0.25) is 14.4 Å². The third kappa shape index (κ3) is 3.57. The van der Waals surface area contributed by atoms with Crippen LogP contribution in [-0.4, -0.2) is 81.3 Å². The highest BCUT2D eigenvalue weighted by Gasteiger charge is 2.80. The van der Waals surface area contributed by atoms with E-state index in [9.17, 15) is 24.6 Å². The fourth-order valence-electron chi connectivity index (χ4n) is 6.05. The average Bonchev–Trinajstić information content (AvgIpc) is 3.22. The second-order valence-corrected chi connectivity index (χ2v) is 9.43. The van der Waals surface area contributed by atoms with E-state index in [0.29, 0.717) is 25.9 Å². The molecule has 3 heterocycles. The van der Waals surface area contributed by atoms with Crippen LogP contribution in [0.1, 0.15) is 52.9 Å². The quantitative estimate of drug-likeness (QED) is 0.377. The first-order chi connectivity index (χ1) is 14.7. The molecule has 2 bridgehead atoms. The van der Waals surface area contributed by atoms with Crippen LogP contribution >= 0.6 is 0 Å². The number of likely N-dealkylation sites (tertiary alicyclic amines) is 1. The normalized spacial score (nSPS) is 36.0. The Morgan fingerprint density at radius 3 is 2.65 bits per heavy atom. The van der Waals surface area contributed by atoms with Crippen LogP contribution in [0.15, 0.2) is 12.7 Å². The van der Waals surface area contributed by atoms with Gasteiger partial charge in [-0.15, -0.1) is 6.58 Å². The number of hydrogen-bond donors (Lipinski definition) is 2. The first-order valence-electron chi connectivity index (χ1n) is 11.4. The van der Waals surface area contributed by atoms with Gasteiger partial charge in [-0.25, -0.2) is 0 Å². The van der Waals surface area contributed by atoms with Crippen LogP contribution in [0.5, 0.6) is 0 Å². The lowest BCUT2D eigenvalue weighted by molar-refractivity contribution is -0.158. The van der Waals surface area contributed by atoms with Crippen LogP contribution in [-0.2, 0) is 19.1 Å². The maximum atomic E-state index is 13.9. The zero-order chi connectivity index (χ0) is 23.0. The summed E-state index contributed by atoms with van der Waals surface area (Å²) in [7, 11) is 0. The molecular formula is C23H36N2O6. The van der Waals surface area contributed by atoms with E-state index in [1.807, 2.05) is 6.92 Å². The molecule has 0 saturated carbocycles. The van der Waals surface area contributed by atoms with Crippen LogP contribution < -0.4 is 0 Å². The Kier molecular flexibility index (Phi) is 6.81. The minimum atomic E-state index is -1.15. The number of carboxylic acid groups (broad SMARTS) is 1. The molecule has 0 radical (unpaired) electrons. The summed E-state index contributed by atoms with van der Waals surface area (Å²) in [4.78, 5) is 42.8. The van der Waals surface area contributed by atoms with Gasteiger partial charge in [-0.1, -0.05) is 32.8 Å². The lowest BCUT2D eigenvalue weighted by Gasteiger charge is -2.37. The maximum absolute atomic E-state index is 13.9. The SMILES string of the molecule is C=CCN(CCCCC)C(=O)C1N(CCCO)C(=O)[C@@H]2[C@H](C(=O)O)[C@@]3(C)OC12CC3C. The lowest BCUT2D eigenvalue weighted by atomic mass is 9.62. The number of carbonyl (C=O) groups is 3. The van der Waals surface area contributed by atoms with Crippen LogP contribution in [0, 0.1) is 17.8 Å². The minimum absolute atomic E-state index is 0.0984. The van der Waals surface area contributed by atoms with Crippen LogP contribution in [0.4, 0.5) is 0 Å². The standard InChI is InChI=1S/C23H36N2O6/c1-5-7-8-11-24(10-6-2)20(28)18-23-14-15(3)22(4,31-23)17(21(29)30)16(23)19(27)25(18)12-9-13-26/h6,15-18,26H,2,5,7-14H2,1,3-4H3,(H,29,30)/t15?,16-,17+,18?,22-,23?/m0/s1. The van der Waals surface area contributed by atoms with Crippen molar-refractivity contribution in [1.82, 2.24) is 9.80 Å². The van der Waals surface area contributed by atoms with E-state index in [1.54, 1.807) is 17.9 Å². The Bertz CT molecular complexity index is 742. The minimum Gasteiger partial charge on any atom is -0.481 e. The van der Waals surface area contributed by atoms with E-state index in [1.165, 1.54) is 4.90 Å². The number of ether oxygens (including phenoxy) is 1. The molecule has 3 rings (SSSR count). The molecule has 3 fully saturated rings. The number of hydrogen-bond acceptors (Lipinski definition) is 5. The zero-order valence-corrected chi connectivity index (χ0v) is 18.9. The molecule has 2 amide bonds. The molecular weight excluding hydrogens is 400 g/mol. The van der Waals surface area contributed by atoms with E-state index in [0.717, 1.165) is 19.3 Å². The fraction of sp³-hybridized carbons (Fsp3) is 0.783. The molecule has 8 heteroatoms. The fourth-order valence-corrected chi connectivity index (χ4v) is 6.05. The molecule has 31 heavy (non-hydrogen) atoms. The molecule has 0 aromatic rings. The van der Waals surface area contributed by atoms with Crippen LogP contribution in [0.3, 0.4) is 0 Å². The summed E-state index contributed by atoms with van der Waals surface area (Å²) in [5.41, 5.74) is -2.13. The van der Waals surface area contributed by atoms with Gasteiger partial charge in [0.25, 0.3) is 0 Å². The number of rotatable bonds is 11. The smallest absolute Gasteiger partial charge is 0.310 e. The molecule has 0 aromatic carbocycles. The zero-order valence-electron chi connectivity index (χ0n) is 18.9. The number of nitrogens with zero attached hydrogens (tertiary/aromatic N) is 2. The van der Waals surface area contributed by atoms with Crippen LogP contribution in [0.25, 0.3) is 0 Å². The topological polar surface area (TPSA) is 107 Å². The summed E-state index contributed by atoms with van der Waals surface area (Å²) in [6.07, 6.45) is 5.30. The molecule has 0 aliphatic carbocycles. The predicted octanol–water partition coefficient (Wildman–Crippen LogP) is 1.67. The molecule has 6 atom stereocenters. The van der Waals surface area contributed by atoms with Gasteiger partial charge < -0.3 is 24.7 Å². The summed E-state index contributed by atoms with van der Waals surface area (Å²) >= 11 is 0. The van der Waals surface area contributed by atoms with Gasteiger partial charge in [0.2, 0.25) is 11.8 Å². The largest absolute Gasteiger partial charge is 0.481 e. The van der Waals surface area contributed by atoms with Crippen molar-refractivity contribution in [2.75, 3.05) is 26.2 Å². The van der Waals surface area contributed by atoms with Crippen molar-refractivity contribution in [2.45, 2.75) is 70.1 Å². The average molecular weight is 437 g/mol. The number of aliphatic hydroxyl groups excluding tert-OH is 1. The molecule has 0 aromatic heterocycles. The molecule has 3 unspecified atom stereocenters. The molecule has 3 saturated heterocycles. The Morgan fingerprint density at radius 1 is 1.35 bits per heavy atom. The van der Waals surface area contributed by atoms with Crippen molar-refractivity contribution < 1.29 is 29.3 Å². The number of aliphatic carboxylic acids is 1. The van der Waals surface area contributed by atoms with Crippen molar-refractivity contribution in [3.63, 3.8) is 0 Å². The molecule has 1 spiro atoms. The predicted molar refractivity (Wildman–Crippen MR) is 114 cm³/mol. The van der Waals surface area contributed by atoms with Crippen molar-refractivity contribution in [2.24, 2.45) is 17.8 Å². The summed E-state index contributed by atoms with van der Waals surface area (Å²) in [5.74, 6) is -3.60. The van der Waals surface area contributed by atoms with Gasteiger partial charge in [-0.2, -0.15) is 0 Å². The van der Waals surface area contributed by atoms with Crippen molar-refractivity contribution in [3.05, 3.63) is 12.7 Å². The van der Waals surface area contributed by atoms with Crippen molar-refractivity contribution in [1.29, 1.82) is 0 Å². The molecule has 2 N–H and O–H groups in total. The number of carboxylic acids is 1. The van der Waals surface area contributed by atoms with Gasteiger partial charge in [0, 0.05) is 26.2 Å². The number of aliphatic hydroxyl groups is 1. The van der Waals surface area contributed by atoms with Gasteiger partial charge >= 0.3 is 5.97 Å². The summed E-state index contributed by atoms with van der Waals surface area (Å²) in [6, 6.07) is -0.883. The number of amides is 2. The van der Waals surface area contributed by atoms with Gasteiger partial charge in [-0.05, 0) is 32.1 Å². The third-order valence-corrected chi connectivity index (χ3v) is 7.56. The van der Waals surface area contributed by atoms with E-state index in [2.05, 4.69) is 13.5 Å². The molecule has 174 valence electrons. The number of unbranched alkanes of at least 4 members (excludes halogenated alkanes) is 2. The van der Waals surface area contributed by atoms with Crippen LogP contribution in [0.2, 0.25) is 0 Å². The van der Waals surface area contributed by atoms with Gasteiger partial charge in [0.05, 0.1) is 11.5 Å². The highest BCUT2D eigenvalue weighted by Crippen LogP contribution is 2.65. The highest BCUT2D eigenvalue weighted by atomic mass is 16.5. The second-order valence-electron chi connectivity index (χ2n) is 9.43. The summed E-state index contributed by atoms with van der Waals surface area (Å²) in [6.45, 7) is 10.6. The lowest BCUT2D eigenvalue weighted by Crippen LogP contribution is -2.56. The van der Waals surface area contributed by atoms with E-state index in [-0.39, 0.29) is 30.9 Å². The maximum Gasteiger partial charge on any atom is 0.310 e. The Hall–Kier alpha value is -1.93. The van der Waals surface area contributed by atoms with Gasteiger partial charge in [0.1, 0.15) is 17.6 Å². The Morgan fingerprint density at radius 2 is 2.06 bits per heavy atom. The summed E-state index contributed by atoms with van der Waals surface area (Å²) < 4.78 is 6.45. The third-order valence-electron chi connectivity index (χ3n) is 7.56. The van der Waals surface area contributed by atoms with E-state index < -0.39 is 35.0 Å². The highest BCUT2D eigenvalue weighted by molar-refractivity contribution is 5.98. The monoisotopic (exact) mass is 436 g/mol. The Balaban J connectivity index is 2.03. The Labute approximate surface area is 184 Å². The van der Waals surface area contributed by atoms with E-state index >= 15 is 0 Å². The first-order valence-corrected chi connectivity index (χ1v) is 11.4. The number of carbonyl (C=O) groups excluding carboxylic acids is 2. The van der Waals surface area contributed by atoms with E-state index in [4.69, 9.17) is 4.74 Å². The van der Waals surface area contributed by atoms with Crippen molar-refractivity contribution in [3.8, 4) is 0 Å². The van der Waals surface area contributed by atoms with Crippen molar-refractivity contribution >= 4 is 17.8 Å². The first kappa shape index (κ1) is 23.7.